The molecular formula is C23H25F3N2O4. The maximum atomic E-state index is 12.6. The number of carbonyl (C=O) groups is 2. The summed E-state index contributed by atoms with van der Waals surface area (Å²) in [5.41, 5.74) is 0.222. The molecule has 0 aromatic heterocycles. The quantitative estimate of drug-likeness (QED) is 0.662. The number of hydrogen-bond acceptors (Lipinski definition) is 4. The van der Waals surface area contributed by atoms with E-state index in [1.807, 2.05) is 30.3 Å². The number of piperidine rings is 1. The minimum atomic E-state index is -4.81. The van der Waals surface area contributed by atoms with Crippen molar-refractivity contribution in [2.45, 2.75) is 32.2 Å². The summed E-state index contributed by atoms with van der Waals surface area (Å²) in [6, 6.07) is 14.9. The first-order valence-corrected chi connectivity index (χ1v) is 10.4. The van der Waals surface area contributed by atoms with Crippen molar-refractivity contribution in [3.8, 4) is 11.5 Å². The standard InChI is InChI=1S/C23H25F3N2O4/c24-23(25,26)32-20-11-5-4-7-17(20)15-27-22(30)18-8-6-13-28(16-18)21(29)12-14-31-19-9-2-1-3-10-19/h1-5,7,9-11,18H,6,8,12-16H2,(H,27,30). The van der Waals surface area contributed by atoms with Crippen molar-refractivity contribution in [2.75, 3.05) is 19.7 Å². The summed E-state index contributed by atoms with van der Waals surface area (Å²) in [6.07, 6.45) is -3.33. The monoisotopic (exact) mass is 450 g/mol. The number of halogens is 3. The average molecular weight is 450 g/mol. The van der Waals surface area contributed by atoms with Crippen LogP contribution in [0, 0.1) is 5.92 Å². The number of hydrogen-bond donors (Lipinski definition) is 1. The minimum Gasteiger partial charge on any atom is -0.493 e. The van der Waals surface area contributed by atoms with Gasteiger partial charge in [-0.05, 0) is 31.0 Å². The number of benzene rings is 2. The summed E-state index contributed by atoms with van der Waals surface area (Å²) in [6.45, 7) is 0.986. The zero-order valence-electron chi connectivity index (χ0n) is 17.4. The highest BCUT2D eigenvalue weighted by atomic mass is 19.4. The molecule has 1 N–H and O–H groups in total. The molecule has 1 aliphatic heterocycles. The number of carbonyl (C=O) groups excluding carboxylic acids is 2. The SMILES string of the molecule is O=C(NCc1ccccc1OC(F)(F)F)C1CCCN(C(=O)CCOc2ccccc2)C1. The smallest absolute Gasteiger partial charge is 0.493 e. The van der Waals surface area contributed by atoms with Crippen LogP contribution in [-0.2, 0) is 16.1 Å². The van der Waals surface area contributed by atoms with Gasteiger partial charge >= 0.3 is 6.36 Å². The fourth-order valence-electron chi connectivity index (χ4n) is 3.55. The normalized spacial score (nSPS) is 16.3. The molecule has 6 nitrogen and oxygen atoms in total. The molecule has 172 valence electrons. The first kappa shape index (κ1) is 23.4. The van der Waals surface area contributed by atoms with Gasteiger partial charge in [-0.15, -0.1) is 13.2 Å². The predicted molar refractivity (Wildman–Crippen MR) is 111 cm³/mol. The summed E-state index contributed by atoms with van der Waals surface area (Å²) in [4.78, 5) is 26.7. The molecule has 1 heterocycles. The van der Waals surface area contributed by atoms with Crippen molar-refractivity contribution in [1.29, 1.82) is 0 Å². The van der Waals surface area contributed by atoms with Gasteiger partial charge < -0.3 is 19.7 Å². The van der Waals surface area contributed by atoms with Crippen LogP contribution in [0.4, 0.5) is 13.2 Å². The topological polar surface area (TPSA) is 67.9 Å². The summed E-state index contributed by atoms with van der Waals surface area (Å²) in [5.74, 6) is -0.476. The van der Waals surface area contributed by atoms with Crippen LogP contribution in [0.5, 0.6) is 11.5 Å². The number of nitrogens with one attached hydrogen (secondary N) is 1. The lowest BCUT2D eigenvalue weighted by atomic mass is 9.96. The molecule has 9 heteroatoms. The Hall–Kier alpha value is -3.23. The molecule has 1 aliphatic rings. The van der Waals surface area contributed by atoms with Crippen LogP contribution in [-0.4, -0.2) is 42.8 Å². The van der Waals surface area contributed by atoms with Crippen molar-refractivity contribution in [3.63, 3.8) is 0 Å². The third-order valence-corrected chi connectivity index (χ3v) is 5.12. The van der Waals surface area contributed by atoms with Crippen molar-refractivity contribution >= 4 is 11.8 Å². The lowest BCUT2D eigenvalue weighted by Gasteiger charge is -2.32. The molecule has 2 aromatic carbocycles. The fraction of sp³-hybridized carbons (Fsp3) is 0.391. The molecule has 3 rings (SSSR count). The molecule has 0 radical (unpaired) electrons. The van der Waals surface area contributed by atoms with Gasteiger partial charge in [0.15, 0.2) is 0 Å². The van der Waals surface area contributed by atoms with Crippen molar-refractivity contribution < 1.29 is 32.2 Å². The van der Waals surface area contributed by atoms with Crippen molar-refractivity contribution in [2.24, 2.45) is 5.92 Å². The Balaban J connectivity index is 1.47. The second kappa shape index (κ2) is 10.9. The zero-order valence-corrected chi connectivity index (χ0v) is 17.4. The van der Waals surface area contributed by atoms with Crippen LogP contribution in [0.2, 0.25) is 0 Å². The van der Waals surface area contributed by atoms with E-state index in [0.717, 1.165) is 0 Å². The summed E-state index contributed by atoms with van der Waals surface area (Å²) in [5, 5.41) is 2.67. The van der Waals surface area contributed by atoms with Crippen LogP contribution in [0.25, 0.3) is 0 Å². The number of amides is 2. The molecule has 2 aromatic rings. The first-order chi connectivity index (χ1) is 15.3. The van der Waals surface area contributed by atoms with E-state index in [4.69, 9.17) is 4.74 Å². The largest absolute Gasteiger partial charge is 0.573 e. The van der Waals surface area contributed by atoms with E-state index < -0.39 is 12.3 Å². The highest BCUT2D eigenvalue weighted by Crippen LogP contribution is 2.26. The number of para-hydroxylation sites is 2. The van der Waals surface area contributed by atoms with Gasteiger partial charge in [-0.2, -0.15) is 0 Å². The van der Waals surface area contributed by atoms with Gasteiger partial charge in [-0.25, -0.2) is 0 Å². The van der Waals surface area contributed by atoms with Gasteiger partial charge in [0.2, 0.25) is 11.8 Å². The lowest BCUT2D eigenvalue weighted by molar-refractivity contribution is -0.274. The van der Waals surface area contributed by atoms with Gasteiger partial charge in [-0.3, -0.25) is 9.59 Å². The Labute approximate surface area is 184 Å². The van der Waals surface area contributed by atoms with Crippen LogP contribution in [0.3, 0.4) is 0 Å². The van der Waals surface area contributed by atoms with E-state index in [-0.39, 0.29) is 49.2 Å². The van der Waals surface area contributed by atoms with Crippen molar-refractivity contribution in [3.05, 3.63) is 60.2 Å². The number of likely N-dealkylation sites (tertiary alicyclic amines) is 1. The third-order valence-electron chi connectivity index (χ3n) is 5.12. The predicted octanol–water partition coefficient (Wildman–Crippen LogP) is 3.91. The second-order valence-electron chi connectivity index (χ2n) is 7.46. The number of nitrogens with zero attached hydrogens (tertiary/aromatic N) is 1. The maximum absolute atomic E-state index is 12.6. The van der Waals surface area contributed by atoms with Crippen LogP contribution in [0.1, 0.15) is 24.8 Å². The molecule has 1 unspecified atom stereocenters. The van der Waals surface area contributed by atoms with E-state index in [1.165, 1.54) is 18.2 Å². The molecule has 0 spiro atoms. The lowest BCUT2D eigenvalue weighted by Crippen LogP contribution is -2.45. The van der Waals surface area contributed by atoms with Gasteiger partial charge in [0, 0.05) is 25.2 Å². The Morgan fingerprint density at radius 1 is 1.06 bits per heavy atom. The van der Waals surface area contributed by atoms with E-state index >= 15 is 0 Å². The van der Waals surface area contributed by atoms with E-state index in [1.54, 1.807) is 11.0 Å². The maximum Gasteiger partial charge on any atom is 0.573 e. The molecule has 2 amide bonds. The van der Waals surface area contributed by atoms with Crippen molar-refractivity contribution in [1.82, 2.24) is 10.2 Å². The molecule has 0 aliphatic carbocycles. The zero-order chi connectivity index (χ0) is 23.0. The minimum absolute atomic E-state index is 0.0950. The summed E-state index contributed by atoms with van der Waals surface area (Å²) >= 11 is 0. The Morgan fingerprint density at radius 2 is 1.78 bits per heavy atom. The first-order valence-electron chi connectivity index (χ1n) is 10.4. The van der Waals surface area contributed by atoms with Crippen LogP contribution >= 0.6 is 0 Å². The van der Waals surface area contributed by atoms with Gasteiger partial charge in [0.25, 0.3) is 0 Å². The van der Waals surface area contributed by atoms with Gasteiger partial charge in [-0.1, -0.05) is 36.4 Å². The molecule has 0 bridgehead atoms. The summed E-state index contributed by atoms with van der Waals surface area (Å²) < 4.78 is 47.2. The molecule has 32 heavy (non-hydrogen) atoms. The number of rotatable bonds is 8. The van der Waals surface area contributed by atoms with E-state index in [2.05, 4.69) is 10.1 Å². The van der Waals surface area contributed by atoms with E-state index in [9.17, 15) is 22.8 Å². The molecular weight excluding hydrogens is 425 g/mol. The molecule has 1 fully saturated rings. The summed E-state index contributed by atoms with van der Waals surface area (Å²) in [7, 11) is 0. The van der Waals surface area contributed by atoms with Crippen LogP contribution < -0.4 is 14.8 Å². The Kier molecular flexibility index (Phi) is 7.97. The molecule has 1 saturated heterocycles. The highest BCUT2D eigenvalue weighted by Gasteiger charge is 2.32. The number of ether oxygens (including phenoxy) is 2. The second-order valence-corrected chi connectivity index (χ2v) is 7.46. The van der Waals surface area contributed by atoms with Gasteiger partial charge in [0.1, 0.15) is 11.5 Å². The van der Waals surface area contributed by atoms with E-state index in [0.29, 0.717) is 25.1 Å². The average Bonchev–Trinajstić information content (AvgIpc) is 2.78. The molecule has 0 saturated carbocycles. The van der Waals surface area contributed by atoms with Gasteiger partial charge in [0.05, 0.1) is 18.9 Å². The Morgan fingerprint density at radius 3 is 2.53 bits per heavy atom. The Bertz CT molecular complexity index is 906. The van der Waals surface area contributed by atoms with Crippen LogP contribution in [0.15, 0.2) is 54.6 Å². The number of alkyl halides is 3. The highest BCUT2D eigenvalue weighted by molar-refractivity contribution is 5.81. The fourth-order valence-corrected chi connectivity index (χ4v) is 3.55. The third kappa shape index (κ3) is 7.18. The molecule has 1 atom stereocenters.